The van der Waals surface area contributed by atoms with Crippen LogP contribution in [0, 0.1) is 0 Å². The van der Waals surface area contributed by atoms with Crippen LogP contribution in [-0.4, -0.2) is 45.5 Å². The van der Waals surface area contributed by atoms with E-state index in [0.29, 0.717) is 12.1 Å². The first-order valence-corrected chi connectivity index (χ1v) is 7.64. The summed E-state index contributed by atoms with van der Waals surface area (Å²) in [6.45, 7) is 5.81. The summed E-state index contributed by atoms with van der Waals surface area (Å²) in [5, 5.41) is 8.99. The number of aromatic carboxylic acids is 1. The normalized spacial score (nSPS) is 18.4. The molecule has 0 spiro atoms. The molecule has 1 aromatic carbocycles. The van der Waals surface area contributed by atoms with Crippen molar-refractivity contribution < 1.29 is 14.7 Å². The number of hydrogen-bond donors (Lipinski definition) is 1. The van der Waals surface area contributed by atoms with E-state index in [1.807, 2.05) is 16.7 Å². The van der Waals surface area contributed by atoms with E-state index >= 15 is 0 Å². The lowest BCUT2D eigenvalue weighted by atomic mass is 10.1. The Labute approximate surface area is 123 Å². The number of carboxylic acids is 1. The molecule has 108 valence electrons. The van der Waals surface area contributed by atoms with Gasteiger partial charge in [0.05, 0.1) is 5.56 Å². The largest absolute Gasteiger partial charge is 0.478 e. The lowest BCUT2D eigenvalue weighted by Gasteiger charge is -2.22. The number of carbonyl (C=O) groups is 2. The maximum absolute atomic E-state index is 12.5. The molecule has 0 radical (unpaired) electrons. The number of carboxylic acid groups (broad SMARTS) is 1. The highest BCUT2D eigenvalue weighted by Crippen LogP contribution is 2.31. The lowest BCUT2D eigenvalue weighted by molar-refractivity contribution is 0.0697. The smallest absolute Gasteiger partial charge is 0.335 e. The average molecular weight is 293 g/mol. The molecule has 5 heteroatoms. The van der Waals surface area contributed by atoms with E-state index in [9.17, 15) is 9.59 Å². The molecule has 1 amide bonds. The molecule has 1 fully saturated rings. The number of nitrogens with zero attached hydrogens (tertiary/aromatic N) is 1. The number of rotatable bonds is 2. The van der Waals surface area contributed by atoms with Crippen molar-refractivity contribution in [2.75, 3.05) is 18.8 Å². The minimum Gasteiger partial charge on any atom is -0.478 e. The van der Waals surface area contributed by atoms with Crippen molar-refractivity contribution in [2.45, 2.75) is 25.0 Å². The Balaban J connectivity index is 2.15. The van der Waals surface area contributed by atoms with E-state index in [0.717, 1.165) is 18.7 Å². The van der Waals surface area contributed by atoms with Gasteiger partial charge in [-0.2, -0.15) is 11.8 Å². The Kier molecular flexibility index (Phi) is 4.38. The molecule has 1 N–H and O–H groups in total. The minimum absolute atomic E-state index is 0.0774. The summed E-state index contributed by atoms with van der Waals surface area (Å²) in [7, 11) is 0. The van der Waals surface area contributed by atoms with Gasteiger partial charge in [-0.05, 0) is 24.6 Å². The summed E-state index contributed by atoms with van der Waals surface area (Å²) in [5.41, 5.74) is 0.606. The molecule has 1 heterocycles. The minimum atomic E-state index is -1.01. The quantitative estimate of drug-likeness (QED) is 0.911. The van der Waals surface area contributed by atoms with E-state index < -0.39 is 5.97 Å². The van der Waals surface area contributed by atoms with Gasteiger partial charge in [0.15, 0.2) is 0 Å². The molecular formula is C15H19NO3S. The summed E-state index contributed by atoms with van der Waals surface area (Å²) in [6, 6.07) is 6.25. The zero-order chi connectivity index (χ0) is 14.8. The van der Waals surface area contributed by atoms with Gasteiger partial charge in [-0.1, -0.05) is 19.9 Å². The van der Waals surface area contributed by atoms with Gasteiger partial charge >= 0.3 is 5.97 Å². The predicted molar refractivity (Wildman–Crippen MR) is 80.5 cm³/mol. The van der Waals surface area contributed by atoms with Crippen molar-refractivity contribution in [3.05, 3.63) is 35.4 Å². The van der Waals surface area contributed by atoms with Crippen LogP contribution in [0.15, 0.2) is 24.3 Å². The molecule has 0 aliphatic carbocycles. The van der Waals surface area contributed by atoms with Gasteiger partial charge in [0.1, 0.15) is 0 Å². The maximum Gasteiger partial charge on any atom is 0.335 e. The van der Waals surface area contributed by atoms with Crippen LogP contribution in [0.5, 0.6) is 0 Å². The van der Waals surface area contributed by atoms with E-state index in [1.54, 1.807) is 12.1 Å². The number of amides is 1. The number of thioether (sulfide) groups is 1. The van der Waals surface area contributed by atoms with Crippen LogP contribution in [0.25, 0.3) is 0 Å². The van der Waals surface area contributed by atoms with E-state index in [2.05, 4.69) is 13.8 Å². The van der Waals surface area contributed by atoms with Crippen LogP contribution in [0.3, 0.4) is 0 Å². The maximum atomic E-state index is 12.5. The van der Waals surface area contributed by atoms with Crippen molar-refractivity contribution in [3.8, 4) is 0 Å². The lowest BCUT2D eigenvalue weighted by Crippen LogP contribution is -2.33. The second-order valence-electron chi connectivity index (χ2n) is 5.54. The Morgan fingerprint density at radius 1 is 1.25 bits per heavy atom. The number of hydrogen-bond acceptors (Lipinski definition) is 3. The Hall–Kier alpha value is -1.49. The third kappa shape index (κ3) is 3.54. The average Bonchev–Trinajstić information content (AvgIpc) is 2.59. The second-order valence-corrected chi connectivity index (χ2v) is 7.34. The van der Waals surface area contributed by atoms with Gasteiger partial charge in [-0.25, -0.2) is 4.79 Å². The van der Waals surface area contributed by atoms with Gasteiger partial charge in [0, 0.05) is 29.2 Å². The Bertz CT molecular complexity index is 528. The second kappa shape index (κ2) is 5.87. The monoisotopic (exact) mass is 293 g/mol. The van der Waals surface area contributed by atoms with Gasteiger partial charge in [-0.3, -0.25) is 4.79 Å². The first-order valence-electron chi connectivity index (χ1n) is 6.66. The highest BCUT2D eigenvalue weighted by atomic mass is 32.2. The molecular weight excluding hydrogens is 274 g/mol. The van der Waals surface area contributed by atoms with Crippen LogP contribution < -0.4 is 0 Å². The summed E-state index contributed by atoms with van der Waals surface area (Å²) < 4.78 is 0.192. The van der Waals surface area contributed by atoms with Crippen molar-refractivity contribution in [1.29, 1.82) is 0 Å². The van der Waals surface area contributed by atoms with Crippen LogP contribution in [0.2, 0.25) is 0 Å². The standard InChI is InChI=1S/C15H19NO3S/c1-15(2)6-7-16(8-9-20-15)13(17)11-4-3-5-12(10-11)14(18)19/h3-5,10H,6-9H2,1-2H3,(H,18,19). The fraction of sp³-hybridized carbons (Fsp3) is 0.467. The van der Waals surface area contributed by atoms with E-state index in [4.69, 9.17) is 5.11 Å². The summed E-state index contributed by atoms with van der Waals surface area (Å²) in [4.78, 5) is 25.2. The first kappa shape index (κ1) is 14.9. The van der Waals surface area contributed by atoms with Gasteiger partial charge in [0.25, 0.3) is 5.91 Å². The fourth-order valence-electron chi connectivity index (χ4n) is 2.19. The molecule has 1 aromatic rings. The molecule has 4 nitrogen and oxygen atoms in total. The van der Waals surface area contributed by atoms with E-state index in [-0.39, 0.29) is 16.2 Å². The van der Waals surface area contributed by atoms with Crippen molar-refractivity contribution in [1.82, 2.24) is 4.90 Å². The highest BCUT2D eigenvalue weighted by Gasteiger charge is 2.26. The highest BCUT2D eigenvalue weighted by molar-refractivity contribution is 8.00. The van der Waals surface area contributed by atoms with E-state index in [1.165, 1.54) is 12.1 Å². The molecule has 0 atom stereocenters. The van der Waals surface area contributed by atoms with Crippen LogP contribution in [-0.2, 0) is 0 Å². The Morgan fingerprint density at radius 3 is 2.65 bits per heavy atom. The van der Waals surface area contributed by atoms with Crippen molar-refractivity contribution >= 4 is 23.6 Å². The SMILES string of the molecule is CC1(C)CCN(C(=O)c2cccc(C(=O)O)c2)CCS1. The molecule has 1 saturated heterocycles. The molecule has 0 bridgehead atoms. The third-order valence-electron chi connectivity index (χ3n) is 3.48. The van der Waals surface area contributed by atoms with Gasteiger partial charge in [0.2, 0.25) is 0 Å². The molecule has 1 aliphatic heterocycles. The summed E-state index contributed by atoms with van der Waals surface area (Å²) >= 11 is 1.88. The number of carbonyl (C=O) groups excluding carboxylic acids is 1. The predicted octanol–water partition coefficient (Wildman–Crippen LogP) is 2.74. The number of benzene rings is 1. The molecule has 20 heavy (non-hydrogen) atoms. The molecule has 1 aliphatic rings. The third-order valence-corrected chi connectivity index (χ3v) is 4.85. The topological polar surface area (TPSA) is 57.6 Å². The zero-order valence-electron chi connectivity index (χ0n) is 11.8. The van der Waals surface area contributed by atoms with Gasteiger partial charge in [-0.15, -0.1) is 0 Å². The molecule has 0 aromatic heterocycles. The summed E-state index contributed by atoms with van der Waals surface area (Å²) in [5.74, 6) is -0.171. The zero-order valence-corrected chi connectivity index (χ0v) is 12.6. The molecule has 0 unspecified atom stereocenters. The fourth-order valence-corrected chi connectivity index (χ4v) is 3.29. The van der Waals surface area contributed by atoms with Crippen LogP contribution in [0.4, 0.5) is 0 Å². The van der Waals surface area contributed by atoms with Crippen LogP contribution >= 0.6 is 11.8 Å². The first-order chi connectivity index (χ1) is 9.39. The van der Waals surface area contributed by atoms with Crippen LogP contribution in [0.1, 0.15) is 41.0 Å². The van der Waals surface area contributed by atoms with Crippen molar-refractivity contribution in [3.63, 3.8) is 0 Å². The molecule has 2 rings (SSSR count). The summed E-state index contributed by atoms with van der Waals surface area (Å²) in [6.07, 6.45) is 0.946. The molecule has 0 saturated carbocycles. The Morgan fingerprint density at radius 2 is 1.95 bits per heavy atom. The van der Waals surface area contributed by atoms with Crippen molar-refractivity contribution in [2.24, 2.45) is 0 Å². The van der Waals surface area contributed by atoms with Gasteiger partial charge < -0.3 is 10.0 Å².